The SMILES string of the molecule is CC(N)C(=O)Nc1ccccc1N(C)C. The van der Waals surface area contributed by atoms with Crippen LogP contribution in [-0.2, 0) is 4.79 Å². The van der Waals surface area contributed by atoms with Gasteiger partial charge < -0.3 is 16.0 Å². The molecule has 0 bridgehead atoms. The second-order valence-corrected chi connectivity index (χ2v) is 3.69. The number of nitrogens with zero attached hydrogens (tertiary/aromatic N) is 1. The zero-order chi connectivity index (χ0) is 11.4. The van der Waals surface area contributed by atoms with E-state index in [0.717, 1.165) is 11.4 Å². The van der Waals surface area contributed by atoms with Crippen molar-refractivity contribution in [2.75, 3.05) is 24.3 Å². The summed E-state index contributed by atoms with van der Waals surface area (Å²) in [7, 11) is 3.85. The second kappa shape index (κ2) is 4.79. The van der Waals surface area contributed by atoms with Gasteiger partial charge in [-0.15, -0.1) is 0 Å². The maximum Gasteiger partial charge on any atom is 0.241 e. The van der Waals surface area contributed by atoms with Gasteiger partial charge >= 0.3 is 0 Å². The Morgan fingerprint density at radius 2 is 2.00 bits per heavy atom. The lowest BCUT2D eigenvalue weighted by molar-refractivity contribution is -0.117. The molecule has 1 aromatic rings. The van der Waals surface area contributed by atoms with Gasteiger partial charge in [0.25, 0.3) is 0 Å². The van der Waals surface area contributed by atoms with Crippen LogP contribution in [0.5, 0.6) is 0 Å². The fraction of sp³-hybridized carbons (Fsp3) is 0.364. The van der Waals surface area contributed by atoms with Gasteiger partial charge in [0.1, 0.15) is 0 Å². The highest BCUT2D eigenvalue weighted by molar-refractivity contribution is 5.97. The number of hydrogen-bond acceptors (Lipinski definition) is 3. The molecular weight excluding hydrogens is 190 g/mol. The molecule has 0 saturated heterocycles. The number of nitrogens with one attached hydrogen (secondary N) is 1. The first-order chi connectivity index (χ1) is 7.02. The van der Waals surface area contributed by atoms with E-state index in [9.17, 15) is 4.79 Å². The minimum Gasteiger partial charge on any atom is -0.376 e. The van der Waals surface area contributed by atoms with Crippen LogP contribution in [0.25, 0.3) is 0 Å². The van der Waals surface area contributed by atoms with Gasteiger partial charge in [-0.25, -0.2) is 0 Å². The van der Waals surface area contributed by atoms with Gasteiger partial charge in [-0.3, -0.25) is 4.79 Å². The fourth-order valence-electron chi connectivity index (χ4n) is 1.22. The molecule has 0 aromatic heterocycles. The molecule has 0 aliphatic rings. The molecule has 1 rings (SSSR count). The molecule has 82 valence electrons. The van der Waals surface area contributed by atoms with E-state index in [2.05, 4.69) is 5.32 Å². The molecule has 0 spiro atoms. The molecule has 0 aliphatic carbocycles. The van der Waals surface area contributed by atoms with E-state index < -0.39 is 6.04 Å². The van der Waals surface area contributed by atoms with Crippen LogP contribution in [0.15, 0.2) is 24.3 Å². The minimum atomic E-state index is -0.500. The molecule has 0 heterocycles. The first-order valence-electron chi connectivity index (χ1n) is 4.85. The van der Waals surface area contributed by atoms with Gasteiger partial charge in [-0.2, -0.15) is 0 Å². The van der Waals surface area contributed by atoms with E-state index in [0.29, 0.717) is 0 Å². The van der Waals surface area contributed by atoms with Gasteiger partial charge in [0, 0.05) is 14.1 Å². The van der Waals surface area contributed by atoms with Crippen molar-refractivity contribution in [2.24, 2.45) is 5.73 Å². The first kappa shape index (κ1) is 11.5. The van der Waals surface area contributed by atoms with E-state index in [1.807, 2.05) is 43.3 Å². The van der Waals surface area contributed by atoms with Crippen LogP contribution in [0.3, 0.4) is 0 Å². The van der Waals surface area contributed by atoms with Crippen LogP contribution in [0.4, 0.5) is 11.4 Å². The van der Waals surface area contributed by atoms with Gasteiger partial charge in [0.15, 0.2) is 0 Å². The summed E-state index contributed by atoms with van der Waals surface area (Å²) in [6.45, 7) is 1.66. The molecule has 1 unspecified atom stereocenters. The number of amides is 1. The molecule has 1 atom stereocenters. The van der Waals surface area contributed by atoms with E-state index in [1.165, 1.54) is 0 Å². The Morgan fingerprint density at radius 3 is 2.53 bits per heavy atom. The van der Waals surface area contributed by atoms with Crippen molar-refractivity contribution in [2.45, 2.75) is 13.0 Å². The van der Waals surface area contributed by atoms with Crippen molar-refractivity contribution in [3.63, 3.8) is 0 Å². The zero-order valence-electron chi connectivity index (χ0n) is 9.32. The van der Waals surface area contributed by atoms with Crippen molar-refractivity contribution in [1.29, 1.82) is 0 Å². The number of rotatable bonds is 3. The highest BCUT2D eigenvalue weighted by Crippen LogP contribution is 2.23. The summed E-state index contributed by atoms with van der Waals surface area (Å²) in [5.74, 6) is -0.177. The second-order valence-electron chi connectivity index (χ2n) is 3.69. The monoisotopic (exact) mass is 207 g/mol. The number of carbonyl (C=O) groups excluding carboxylic acids is 1. The Hall–Kier alpha value is -1.55. The molecule has 0 radical (unpaired) electrons. The average molecular weight is 207 g/mol. The lowest BCUT2D eigenvalue weighted by Gasteiger charge is -2.18. The van der Waals surface area contributed by atoms with E-state index in [-0.39, 0.29) is 5.91 Å². The van der Waals surface area contributed by atoms with E-state index >= 15 is 0 Å². The Labute approximate surface area is 90.1 Å². The Bertz CT molecular complexity index is 347. The summed E-state index contributed by atoms with van der Waals surface area (Å²) in [4.78, 5) is 13.4. The van der Waals surface area contributed by atoms with Gasteiger partial charge in [-0.05, 0) is 19.1 Å². The quantitative estimate of drug-likeness (QED) is 0.778. The van der Waals surface area contributed by atoms with Gasteiger partial charge in [0.2, 0.25) is 5.91 Å². The van der Waals surface area contributed by atoms with Gasteiger partial charge in [0.05, 0.1) is 17.4 Å². The molecule has 4 heteroatoms. The molecule has 0 aliphatic heterocycles. The third kappa shape index (κ3) is 2.95. The van der Waals surface area contributed by atoms with Crippen LogP contribution in [-0.4, -0.2) is 26.0 Å². The smallest absolute Gasteiger partial charge is 0.241 e. The van der Waals surface area contributed by atoms with Crippen molar-refractivity contribution in [1.82, 2.24) is 0 Å². The van der Waals surface area contributed by atoms with Crippen LogP contribution in [0.1, 0.15) is 6.92 Å². The summed E-state index contributed by atoms with van der Waals surface area (Å²) < 4.78 is 0. The molecular formula is C11H17N3O. The number of benzene rings is 1. The topological polar surface area (TPSA) is 58.4 Å². The molecule has 1 aromatic carbocycles. The Balaban J connectivity index is 2.89. The maximum atomic E-state index is 11.4. The van der Waals surface area contributed by atoms with Crippen LogP contribution in [0, 0.1) is 0 Å². The predicted octanol–water partition coefficient (Wildman–Crippen LogP) is 1.04. The molecule has 1 amide bonds. The van der Waals surface area contributed by atoms with E-state index in [4.69, 9.17) is 5.73 Å². The Kier molecular flexibility index (Phi) is 3.68. The van der Waals surface area contributed by atoms with Crippen LogP contribution in [0.2, 0.25) is 0 Å². The largest absolute Gasteiger partial charge is 0.376 e. The standard InChI is InChI=1S/C11H17N3O/c1-8(12)11(15)13-9-6-4-5-7-10(9)14(2)3/h4-8H,12H2,1-3H3,(H,13,15). The highest BCUT2D eigenvalue weighted by atomic mass is 16.2. The molecule has 3 N–H and O–H groups in total. The lowest BCUT2D eigenvalue weighted by Crippen LogP contribution is -2.32. The fourth-order valence-corrected chi connectivity index (χ4v) is 1.22. The first-order valence-corrected chi connectivity index (χ1v) is 4.85. The third-order valence-electron chi connectivity index (χ3n) is 2.06. The van der Waals surface area contributed by atoms with Crippen molar-refractivity contribution < 1.29 is 4.79 Å². The van der Waals surface area contributed by atoms with Crippen molar-refractivity contribution in [3.05, 3.63) is 24.3 Å². The predicted molar refractivity (Wildman–Crippen MR) is 63.0 cm³/mol. The molecule has 4 nitrogen and oxygen atoms in total. The normalized spacial score (nSPS) is 12.0. The molecule has 15 heavy (non-hydrogen) atoms. The van der Waals surface area contributed by atoms with Gasteiger partial charge in [-0.1, -0.05) is 12.1 Å². The number of para-hydroxylation sites is 2. The summed E-state index contributed by atoms with van der Waals surface area (Å²) in [6, 6.07) is 7.10. The van der Waals surface area contributed by atoms with Crippen LogP contribution >= 0.6 is 0 Å². The highest BCUT2D eigenvalue weighted by Gasteiger charge is 2.10. The average Bonchev–Trinajstić information content (AvgIpc) is 2.18. The van der Waals surface area contributed by atoms with Crippen molar-refractivity contribution >= 4 is 17.3 Å². The van der Waals surface area contributed by atoms with Crippen molar-refractivity contribution in [3.8, 4) is 0 Å². The molecule has 0 saturated carbocycles. The number of hydrogen-bond donors (Lipinski definition) is 2. The van der Waals surface area contributed by atoms with E-state index in [1.54, 1.807) is 6.92 Å². The number of carbonyl (C=O) groups is 1. The third-order valence-corrected chi connectivity index (χ3v) is 2.06. The lowest BCUT2D eigenvalue weighted by atomic mass is 10.2. The number of anilines is 2. The van der Waals surface area contributed by atoms with Crippen LogP contribution < -0.4 is 16.0 Å². The maximum absolute atomic E-state index is 11.4. The Morgan fingerprint density at radius 1 is 1.40 bits per heavy atom. The summed E-state index contributed by atoms with van der Waals surface area (Å²) in [5, 5.41) is 2.79. The zero-order valence-corrected chi connectivity index (χ0v) is 9.32. The summed E-state index contributed by atoms with van der Waals surface area (Å²) in [5.41, 5.74) is 7.23. The number of nitrogens with two attached hydrogens (primary N) is 1. The summed E-state index contributed by atoms with van der Waals surface area (Å²) in [6.07, 6.45) is 0. The summed E-state index contributed by atoms with van der Waals surface area (Å²) >= 11 is 0. The minimum absolute atomic E-state index is 0.177. The molecule has 0 fully saturated rings.